The van der Waals surface area contributed by atoms with Gasteiger partial charge in [-0.1, -0.05) is 19.1 Å². The van der Waals surface area contributed by atoms with Crippen molar-refractivity contribution in [1.29, 1.82) is 0 Å². The lowest BCUT2D eigenvalue weighted by Crippen LogP contribution is -2.04. The van der Waals surface area contributed by atoms with Gasteiger partial charge in [0, 0.05) is 17.7 Å². The van der Waals surface area contributed by atoms with Crippen LogP contribution < -0.4 is 0 Å². The van der Waals surface area contributed by atoms with E-state index in [1.54, 1.807) is 18.5 Å². The van der Waals surface area contributed by atoms with E-state index in [0.29, 0.717) is 17.2 Å². The third-order valence-electron chi connectivity index (χ3n) is 4.17. The van der Waals surface area contributed by atoms with Crippen LogP contribution in [-0.4, -0.2) is 24.1 Å². The van der Waals surface area contributed by atoms with Crippen LogP contribution in [0.3, 0.4) is 0 Å². The van der Waals surface area contributed by atoms with Crippen molar-refractivity contribution in [3.8, 4) is 22.6 Å². The normalized spacial score (nSPS) is 10.8. The van der Waals surface area contributed by atoms with Gasteiger partial charge in [0.25, 0.3) is 5.82 Å². The van der Waals surface area contributed by atoms with Crippen molar-refractivity contribution in [1.82, 2.24) is 24.1 Å². The molecular weight excluding hydrogens is 343 g/mol. The Morgan fingerprint density at radius 1 is 1.07 bits per heavy atom. The maximum absolute atomic E-state index is 13.3. The summed E-state index contributed by atoms with van der Waals surface area (Å²) in [5, 5.41) is 4.60. The van der Waals surface area contributed by atoms with E-state index in [1.807, 2.05) is 16.7 Å². The largest absolute Gasteiger partial charge is 0.360 e. The maximum Gasteiger partial charge on any atom is 0.275 e. The molecule has 0 bridgehead atoms. The molecule has 136 valence electrons. The zero-order valence-electron chi connectivity index (χ0n) is 14.3. The predicted octanol–water partition coefficient (Wildman–Crippen LogP) is 5.17. The van der Waals surface area contributed by atoms with Gasteiger partial charge in [-0.2, -0.15) is 0 Å². The fraction of sp³-hybridized carbons (Fsp3) is 0.200. The molecule has 4 aromatic rings. The molecule has 0 aliphatic heterocycles. The van der Waals surface area contributed by atoms with Gasteiger partial charge < -0.3 is 9.41 Å². The molecule has 6 nitrogen and oxygen atoms in total. The highest BCUT2D eigenvalue weighted by molar-refractivity contribution is 5.77. The van der Waals surface area contributed by atoms with Crippen molar-refractivity contribution in [2.75, 3.05) is 0 Å². The Bertz CT molecular complexity index is 1130. The fourth-order valence-corrected chi connectivity index (χ4v) is 2.89. The number of rotatable bonds is 3. The number of hydrogen-bond donors (Lipinski definition) is 0. The van der Waals surface area contributed by atoms with E-state index in [1.165, 1.54) is 22.8 Å². The molecule has 0 aliphatic rings. The second-order valence-electron chi connectivity index (χ2n) is 6.17. The van der Waals surface area contributed by atoms with E-state index in [-0.39, 0.29) is 19.3 Å². The highest BCUT2D eigenvalue weighted by Gasteiger charge is 2.20. The number of imidazole rings is 2. The first-order valence-corrected chi connectivity index (χ1v) is 8.14. The lowest BCUT2D eigenvalue weighted by molar-refractivity contribution is 0.604. The lowest BCUT2D eigenvalue weighted by atomic mass is 10.1. The van der Waals surface area contributed by atoms with Crippen LogP contribution in [0.25, 0.3) is 33.1 Å². The summed E-state index contributed by atoms with van der Waals surface area (Å²) >= 11 is 0. The number of benzene rings is 1. The standard InChI is InChI=1S/C19H15FN6.CH4/c1-12(2)25-11-23-18(13-4-6-14(20)7-5-13)19(25)15-8-9-16-22-10-17(21-3)26(16)24-15;/h4-12H,1-2H3;1H4. The monoisotopic (exact) mass is 362 g/mol. The summed E-state index contributed by atoms with van der Waals surface area (Å²) < 4.78 is 16.8. The van der Waals surface area contributed by atoms with Gasteiger partial charge in [-0.05, 0) is 44.2 Å². The number of nitrogens with zero attached hydrogens (tertiary/aromatic N) is 6. The fourth-order valence-electron chi connectivity index (χ4n) is 2.89. The van der Waals surface area contributed by atoms with Crippen molar-refractivity contribution in [3.63, 3.8) is 0 Å². The topological polar surface area (TPSA) is 52.4 Å². The first-order chi connectivity index (χ1) is 12.6. The summed E-state index contributed by atoms with van der Waals surface area (Å²) in [4.78, 5) is 12.2. The van der Waals surface area contributed by atoms with Gasteiger partial charge in [0.15, 0.2) is 0 Å². The first-order valence-electron chi connectivity index (χ1n) is 8.14. The Kier molecular flexibility index (Phi) is 4.74. The summed E-state index contributed by atoms with van der Waals surface area (Å²) in [6, 6.07) is 10.1. The molecule has 0 atom stereocenters. The summed E-state index contributed by atoms with van der Waals surface area (Å²) in [6.45, 7) is 11.4. The SMILES string of the molecule is C.[C-]#[N+]c1cnc2ccc(-c3c(-c4ccc(F)cc4)ncn3C(C)C)nn12. The van der Waals surface area contributed by atoms with Crippen LogP contribution in [0.2, 0.25) is 0 Å². The van der Waals surface area contributed by atoms with Gasteiger partial charge in [0.2, 0.25) is 5.65 Å². The van der Waals surface area contributed by atoms with Crippen LogP contribution >= 0.6 is 0 Å². The first kappa shape index (κ1) is 18.3. The number of hydrogen-bond acceptors (Lipinski definition) is 3. The molecule has 3 heterocycles. The van der Waals surface area contributed by atoms with Crippen LogP contribution in [0, 0.1) is 12.4 Å². The lowest BCUT2D eigenvalue weighted by Gasteiger charge is -2.12. The minimum Gasteiger partial charge on any atom is -0.360 e. The third kappa shape index (κ3) is 3.06. The predicted molar refractivity (Wildman–Crippen MR) is 103 cm³/mol. The van der Waals surface area contributed by atoms with Gasteiger partial charge in [0.1, 0.15) is 11.5 Å². The molecular formula is C20H19FN6. The Balaban J connectivity index is 0.00000210. The average Bonchev–Trinajstić information content (AvgIpc) is 3.25. The Labute approximate surface area is 156 Å². The second-order valence-corrected chi connectivity index (χ2v) is 6.17. The molecule has 0 radical (unpaired) electrons. The maximum atomic E-state index is 13.3. The van der Waals surface area contributed by atoms with Crippen molar-refractivity contribution in [2.24, 2.45) is 0 Å². The van der Waals surface area contributed by atoms with Gasteiger partial charge >= 0.3 is 0 Å². The van der Waals surface area contributed by atoms with Crippen LogP contribution in [0.4, 0.5) is 10.2 Å². The molecule has 0 spiro atoms. The molecule has 0 aliphatic carbocycles. The minimum atomic E-state index is -0.293. The second kappa shape index (κ2) is 7.00. The van der Waals surface area contributed by atoms with Crippen molar-refractivity contribution in [2.45, 2.75) is 27.3 Å². The quantitative estimate of drug-likeness (QED) is 0.473. The number of aromatic nitrogens is 5. The van der Waals surface area contributed by atoms with E-state index >= 15 is 0 Å². The van der Waals surface area contributed by atoms with Crippen molar-refractivity contribution < 1.29 is 4.39 Å². The molecule has 7 heteroatoms. The van der Waals surface area contributed by atoms with E-state index < -0.39 is 0 Å². The van der Waals surface area contributed by atoms with Gasteiger partial charge in [-0.15, -0.1) is 4.52 Å². The number of fused-ring (bicyclic) bond motifs is 1. The molecule has 0 amide bonds. The van der Waals surface area contributed by atoms with Crippen LogP contribution in [0.1, 0.15) is 27.3 Å². The van der Waals surface area contributed by atoms with Crippen molar-refractivity contribution >= 4 is 11.5 Å². The molecule has 0 unspecified atom stereocenters. The van der Waals surface area contributed by atoms with E-state index in [0.717, 1.165) is 17.0 Å². The molecule has 0 saturated carbocycles. The molecule has 4 rings (SSSR count). The highest BCUT2D eigenvalue weighted by Crippen LogP contribution is 2.32. The van der Waals surface area contributed by atoms with Crippen LogP contribution in [0.5, 0.6) is 0 Å². The Morgan fingerprint density at radius 2 is 1.81 bits per heavy atom. The van der Waals surface area contributed by atoms with Crippen molar-refractivity contribution in [3.05, 3.63) is 66.2 Å². The average molecular weight is 362 g/mol. The summed E-state index contributed by atoms with van der Waals surface area (Å²) in [6.07, 6.45) is 3.26. The van der Waals surface area contributed by atoms with E-state index in [2.05, 4.69) is 33.8 Å². The smallest absolute Gasteiger partial charge is 0.275 e. The minimum absolute atomic E-state index is 0. The molecule has 0 N–H and O–H groups in total. The number of halogens is 1. The van der Waals surface area contributed by atoms with E-state index in [4.69, 9.17) is 6.57 Å². The van der Waals surface area contributed by atoms with Gasteiger partial charge in [0.05, 0.1) is 23.9 Å². The van der Waals surface area contributed by atoms with Crippen LogP contribution in [0.15, 0.2) is 48.9 Å². The zero-order chi connectivity index (χ0) is 18.3. The molecule has 0 fully saturated rings. The summed E-state index contributed by atoms with van der Waals surface area (Å²) in [5.41, 5.74) is 3.62. The summed E-state index contributed by atoms with van der Waals surface area (Å²) in [5.74, 6) is 0.0547. The molecule has 1 aromatic carbocycles. The van der Waals surface area contributed by atoms with Gasteiger partial charge in [-0.3, -0.25) is 0 Å². The van der Waals surface area contributed by atoms with Gasteiger partial charge in [-0.25, -0.2) is 14.4 Å². The molecule has 3 aromatic heterocycles. The highest BCUT2D eigenvalue weighted by atomic mass is 19.1. The Hall–Kier alpha value is -3.53. The third-order valence-corrected chi connectivity index (χ3v) is 4.17. The summed E-state index contributed by atoms with van der Waals surface area (Å²) in [7, 11) is 0. The molecule has 27 heavy (non-hydrogen) atoms. The zero-order valence-corrected chi connectivity index (χ0v) is 14.3. The van der Waals surface area contributed by atoms with Crippen LogP contribution in [-0.2, 0) is 0 Å². The van der Waals surface area contributed by atoms with E-state index in [9.17, 15) is 4.39 Å². The Morgan fingerprint density at radius 3 is 2.48 bits per heavy atom. The molecule has 0 saturated heterocycles.